The number of halogens is 1. The third kappa shape index (κ3) is 4.37. The highest BCUT2D eigenvalue weighted by atomic mass is 35.5. The fourth-order valence-corrected chi connectivity index (χ4v) is 7.98. The van der Waals surface area contributed by atoms with Crippen LogP contribution in [-0.4, -0.2) is 49.2 Å². The number of rotatable bonds is 7. The van der Waals surface area contributed by atoms with Gasteiger partial charge in [0.1, 0.15) is 0 Å². The summed E-state index contributed by atoms with van der Waals surface area (Å²) in [6.07, 6.45) is 9.35. The molecule has 3 fully saturated rings. The number of hydrogen-bond donors (Lipinski definition) is 2. The van der Waals surface area contributed by atoms with Gasteiger partial charge in [0.2, 0.25) is 0 Å². The average Bonchev–Trinajstić information content (AvgIpc) is 3.43. The molecule has 3 atom stereocenters. The first-order chi connectivity index (χ1) is 18.5. The number of amides is 1. The van der Waals surface area contributed by atoms with Crippen LogP contribution < -0.4 is 0 Å². The predicted octanol–water partition coefficient (Wildman–Crippen LogP) is 6.65. The molecule has 1 unspecified atom stereocenters. The lowest BCUT2D eigenvalue weighted by Crippen LogP contribution is -2.42. The third-order valence-corrected chi connectivity index (χ3v) is 10.9. The Hall–Kier alpha value is -2.80. The number of aromatic nitrogens is 3. The summed E-state index contributed by atoms with van der Waals surface area (Å²) in [7, 11) is 0. The second-order valence-electron chi connectivity index (χ2n) is 13.1. The molecule has 2 aromatic heterocycles. The van der Waals surface area contributed by atoms with Gasteiger partial charge < -0.3 is 15.0 Å². The van der Waals surface area contributed by atoms with Crippen molar-refractivity contribution in [2.45, 2.75) is 84.7 Å². The summed E-state index contributed by atoms with van der Waals surface area (Å²) in [5.41, 5.74) is 3.42. The highest BCUT2D eigenvalue weighted by Gasteiger charge is 2.63. The zero-order valence-corrected chi connectivity index (χ0v) is 24.1. The second kappa shape index (κ2) is 9.39. The van der Waals surface area contributed by atoms with Crippen molar-refractivity contribution in [3.63, 3.8) is 0 Å². The predicted molar refractivity (Wildman–Crippen MR) is 152 cm³/mol. The molecule has 7 nitrogen and oxygen atoms in total. The van der Waals surface area contributed by atoms with Crippen molar-refractivity contribution >= 4 is 34.4 Å². The van der Waals surface area contributed by atoms with E-state index in [2.05, 4.69) is 28.8 Å². The molecule has 3 aromatic rings. The lowest BCUT2D eigenvalue weighted by atomic mass is 9.74. The summed E-state index contributed by atoms with van der Waals surface area (Å²) >= 11 is 6.55. The molecule has 1 amide bonds. The summed E-state index contributed by atoms with van der Waals surface area (Å²) in [4.78, 5) is 31.3. The molecule has 0 saturated heterocycles. The maximum absolute atomic E-state index is 14.2. The molecule has 3 saturated carbocycles. The molecule has 0 aliphatic heterocycles. The van der Waals surface area contributed by atoms with Crippen LogP contribution in [0.3, 0.4) is 0 Å². The number of benzene rings is 1. The number of carboxylic acids is 1. The maximum atomic E-state index is 14.2. The summed E-state index contributed by atoms with van der Waals surface area (Å²) in [5, 5.41) is 16.1. The lowest BCUT2D eigenvalue weighted by molar-refractivity contribution is -0.150. The van der Waals surface area contributed by atoms with Crippen molar-refractivity contribution in [3.8, 4) is 0 Å². The molecule has 3 aliphatic rings. The highest BCUT2D eigenvalue weighted by molar-refractivity contribution is 6.35. The van der Waals surface area contributed by atoms with Gasteiger partial charge in [-0.2, -0.15) is 5.10 Å². The second-order valence-corrected chi connectivity index (χ2v) is 13.5. The molecule has 0 spiro atoms. The first-order valence-electron chi connectivity index (χ1n) is 14.3. The molecule has 2 heterocycles. The Kier molecular flexibility index (Phi) is 6.37. The van der Waals surface area contributed by atoms with Crippen LogP contribution in [0.4, 0.5) is 0 Å². The Morgan fingerprint density at radius 2 is 1.87 bits per heavy atom. The van der Waals surface area contributed by atoms with E-state index < -0.39 is 11.4 Å². The van der Waals surface area contributed by atoms with E-state index in [0.717, 1.165) is 59.3 Å². The number of carbonyl (C=O) groups excluding carboxylic acids is 1. The highest BCUT2D eigenvalue weighted by Crippen LogP contribution is 2.67. The number of carbonyl (C=O) groups is 2. The van der Waals surface area contributed by atoms with Crippen molar-refractivity contribution in [2.75, 3.05) is 6.54 Å². The Morgan fingerprint density at radius 3 is 2.54 bits per heavy atom. The SMILES string of the molecule is Cc1c(C(=O)N(CCc2c[nH]c3cccc(Cl)c23)C2C[C@@H]3[C@H](C2)C3(C)C)cnn1C1CCC(C)(C(=O)O)CC1. The van der Waals surface area contributed by atoms with Gasteiger partial charge >= 0.3 is 5.97 Å². The normalized spacial score (nSPS) is 29.4. The molecule has 2 N–H and O–H groups in total. The van der Waals surface area contributed by atoms with E-state index >= 15 is 0 Å². The zero-order chi connectivity index (χ0) is 27.7. The maximum Gasteiger partial charge on any atom is 0.309 e. The van der Waals surface area contributed by atoms with E-state index in [1.807, 2.05) is 42.9 Å². The Morgan fingerprint density at radius 1 is 1.18 bits per heavy atom. The van der Waals surface area contributed by atoms with Crippen molar-refractivity contribution in [2.24, 2.45) is 22.7 Å². The van der Waals surface area contributed by atoms with E-state index in [0.29, 0.717) is 42.2 Å². The molecule has 8 heteroatoms. The summed E-state index contributed by atoms with van der Waals surface area (Å²) in [5.74, 6) is 0.712. The van der Waals surface area contributed by atoms with Crippen molar-refractivity contribution in [1.29, 1.82) is 0 Å². The van der Waals surface area contributed by atoms with E-state index in [1.54, 1.807) is 6.20 Å². The van der Waals surface area contributed by atoms with Crippen LogP contribution in [0.5, 0.6) is 0 Å². The van der Waals surface area contributed by atoms with E-state index in [1.165, 1.54) is 0 Å². The number of nitrogens with zero attached hydrogens (tertiary/aromatic N) is 3. The largest absolute Gasteiger partial charge is 0.481 e. The molecule has 39 heavy (non-hydrogen) atoms. The van der Waals surface area contributed by atoms with Gasteiger partial charge in [-0.25, -0.2) is 0 Å². The van der Waals surface area contributed by atoms with E-state index in [-0.39, 0.29) is 18.0 Å². The van der Waals surface area contributed by atoms with Crippen molar-refractivity contribution < 1.29 is 14.7 Å². The minimum absolute atomic E-state index is 0.0555. The Balaban J connectivity index is 1.23. The molecule has 0 bridgehead atoms. The van der Waals surface area contributed by atoms with Crippen LogP contribution in [0, 0.1) is 29.6 Å². The molecule has 3 aliphatic carbocycles. The number of hydrogen-bond acceptors (Lipinski definition) is 3. The fraction of sp³-hybridized carbons (Fsp3) is 0.581. The Labute approximate surface area is 234 Å². The molecule has 208 valence electrons. The Bertz CT molecular complexity index is 1420. The number of nitrogens with one attached hydrogen (secondary N) is 1. The molecule has 1 aromatic carbocycles. The molecule has 0 radical (unpaired) electrons. The van der Waals surface area contributed by atoms with Crippen LogP contribution in [0.25, 0.3) is 10.9 Å². The van der Waals surface area contributed by atoms with Crippen LogP contribution in [-0.2, 0) is 11.2 Å². The van der Waals surface area contributed by atoms with Gasteiger partial charge in [-0.3, -0.25) is 14.3 Å². The van der Waals surface area contributed by atoms with Crippen molar-refractivity contribution in [1.82, 2.24) is 19.7 Å². The first kappa shape index (κ1) is 26.4. The van der Waals surface area contributed by atoms with E-state index in [9.17, 15) is 14.7 Å². The lowest BCUT2D eigenvalue weighted by Gasteiger charge is -2.34. The number of aromatic amines is 1. The van der Waals surface area contributed by atoms with Gasteiger partial charge in [-0.05, 0) is 93.7 Å². The summed E-state index contributed by atoms with van der Waals surface area (Å²) < 4.78 is 1.97. The average molecular weight is 551 g/mol. The number of fused-ring (bicyclic) bond motifs is 2. The number of carboxylic acid groups (broad SMARTS) is 1. The van der Waals surface area contributed by atoms with Gasteiger partial charge in [0.15, 0.2) is 0 Å². The first-order valence-corrected chi connectivity index (χ1v) is 14.7. The number of aliphatic carboxylic acids is 1. The van der Waals surface area contributed by atoms with Crippen LogP contribution in [0.1, 0.15) is 87.0 Å². The third-order valence-electron chi connectivity index (χ3n) is 10.6. The number of H-pyrrole nitrogens is 1. The van der Waals surface area contributed by atoms with E-state index in [4.69, 9.17) is 11.6 Å². The van der Waals surface area contributed by atoms with Gasteiger partial charge in [0.05, 0.1) is 28.2 Å². The topological polar surface area (TPSA) is 91.2 Å². The monoisotopic (exact) mass is 550 g/mol. The van der Waals surface area contributed by atoms with Gasteiger partial charge in [0.25, 0.3) is 5.91 Å². The minimum atomic E-state index is -0.723. The van der Waals surface area contributed by atoms with Gasteiger partial charge in [-0.1, -0.05) is 31.5 Å². The molecular weight excluding hydrogens is 512 g/mol. The molecule has 6 rings (SSSR count). The standard InChI is InChI=1S/C31H39ClN4O3/c1-18-22(17-34-36(18)20-8-11-31(4,12-9-20)29(38)39)28(37)35(21-14-23-24(15-21)30(23,2)3)13-10-19-16-33-26-7-5-6-25(32)27(19)26/h5-7,16-17,20-21,23-24,33H,8-15H2,1-4H3,(H,38,39)/t20?,21?,23-,24+,31?. The quantitative estimate of drug-likeness (QED) is 0.344. The fourth-order valence-electron chi connectivity index (χ4n) is 7.68. The van der Waals surface area contributed by atoms with Crippen molar-refractivity contribution in [3.05, 3.63) is 52.4 Å². The molecular formula is C31H39ClN4O3. The van der Waals surface area contributed by atoms with Gasteiger partial charge in [0, 0.05) is 35.4 Å². The smallest absolute Gasteiger partial charge is 0.309 e. The zero-order valence-electron chi connectivity index (χ0n) is 23.3. The van der Waals surface area contributed by atoms with Crippen LogP contribution in [0.15, 0.2) is 30.6 Å². The summed E-state index contributed by atoms with van der Waals surface area (Å²) in [6.45, 7) is 9.16. The van der Waals surface area contributed by atoms with Crippen LogP contribution >= 0.6 is 11.6 Å². The van der Waals surface area contributed by atoms with Crippen LogP contribution in [0.2, 0.25) is 5.02 Å². The summed E-state index contributed by atoms with van der Waals surface area (Å²) in [6, 6.07) is 6.25. The van der Waals surface area contributed by atoms with Gasteiger partial charge in [-0.15, -0.1) is 0 Å². The minimum Gasteiger partial charge on any atom is -0.481 e.